The van der Waals surface area contributed by atoms with Gasteiger partial charge in [-0.2, -0.15) is 0 Å². The highest BCUT2D eigenvalue weighted by atomic mass is 16.3. The summed E-state index contributed by atoms with van der Waals surface area (Å²) in [5, 5.41) is 0. The molecule has 1 aliphatic carbocycles. The van der Waals surface area contributed by atoms with Gasteiger partial charge in [-0.05, 0) is 31.5 Å². The number of likely N-dealkylation sites (N-methyl/N-ethyl adjacent to an activating group) is 1. The first-order valence-corrected chi connectivity index (χ1v) is 6.10. The number of carbonyl (C=O) groups is 1. The fourth-order valence-corrected chi connectivity index (χ4v) is 2.40. The molecular formula is C13H19NO2. The zero-order valence-corrected chi connectivity index (χ0v) is 9.82. The summed E-state index contributed by atoms with van der Waals surface area (Å²) in [6.45, 7) is 3.75. The second kappa shape index (κ2) is 5.30. The second-order valence-corrected chi connectivity index (χ2v) is 4.37. The van der Waals surface area contributed by atoms with Gasteiger partial charge in [-0.15, -0.1) is 0 Å². The molecule has 1 unspecified atom stereocenters. The summed E-state index contributed by atoms with van der Waals surface area (Å²) in [6.07, 6.45) is 5.68. The van der Waals surface area contributed by atoms with Crippen molar-refractivity contribution in [2.45, 2.75) is 45.2 Å². The highest BCUT2D eigenvalue weighted by Gasteiger charge is 2.27. The van der Waals surface area contributed by atoms with Crippen LogP contribution in [0.15, 0.2) is 22.8 Å². The summed E-state index contributed by atoms with van der Waals surface area (Å²) < 4.78 is 5.34. The average Bonchev–Trinajstić information content (AvgIpc) is 2.80. The molecule has 1 aromatic rings. The number of nitrogens with zero attached hydrogens (tertiary/aromatic N) is 1. The Hall–Kier alpha value is -1.09. The minimum Gasteiger partial charge on any atom is -0.468 e. The van der Waals surface area contributed by atoms with E-state index in [-0.39, 0.29) is 6.04 Å². The van der Waals surface area contributed by atoms with Crippen LogP contribution in [0.25, 0.3) is 0 Å². The molecule has 1 saturated carbocycles. The van der Waals surface area contributed by atoms with E-state index >= 15 is 0 Å². The molecule has 0 N–H and O–H groups in total. The molecule has 2 rings (SSSR count). The Morgan fingerprint density at radius 3 is 3.00 bits per heavy atom. The van der Waals surface area contributed by atoms with Crippen LogP contribution in [0.4, 0.5) is 0 Å². The van der Waals surface area contributed by atoms with E-state index < -0.39 is 0 Å². The van der Waals surface area contributed by atoms with Crippen LogP contribution in [0, 0.1) is 0 Å². The molecule has 3 nitrogen and oxygen atoms in total. The fraction of sp³-hybridized carbons (Fsp3) is 0.615. The summed E-state index contributed by atoms with van der Waals surface area (Å²) in [6, 6.07) is 3.98. The molecule has 1 atom stereocenters. The van der Waals surface area contributed by atoms with E-state index in [1.807, 2.05) is 12.1 Å². The van der Waals surface area contributed by atoms with Gasteiger partial charge in [0, 0.05) is 6.42 Å². The van der Waals surface area contributed by atoms with Crippen LogP contribution in [-0.4, -0.2) is 23.3 Å². The topological polar surface area (TPSA) is 33.5 Å². The minimum absolute atomic E-state index is 0.115. The number of hydrogen-bond acceptors (Lipinski definition) is 3. The molecule has 0 bridgehead atoms. The van der Waals surface area contributed by atoms with Gasteiger partial charge in [-0.25, -0.2) is 0 Å². The molecule has 88 valence electrons. The van der Waals surface area contributed by atoms with E-state index in [1.54, 1.807) is 6.26 Å². The molecule has 0 aromatic carbocycles. The largest absolute Gasteiger partial charge is 0.468 e. The predicted molar refractivity (Wildman–Crippen MR) is 62.1 cm³/mol. The van der Waals surface area contributed by atoms with Gasteiger partial charge in [-0.3, -0.25) is 9.69 Å². The van der Waals surface area contributed by atoms with Crippen molar-refractivity contribution in [3.8, 4) is 0 Å². The third kappa shape index (κ3) is 2.53. The molecule has 0 radical (unpaired) electrons. The zero-order chi connectivity index (χ0) is 11.4. The maximum absolute atomic E-state index is 11.9. The van der Waals surface area contributed by atoms with Gasteiger partial charge in [0.2, 0.25) is 0 Å². The first kappa shape index (κ1) is 11.4. The molecule has 0 spiro atoms. The molecular weight excluding hydrogens is 202 g/mol. The molecule has 0 saturated heterocycles. The number of ketones is 1. The van der Waals surface area contributed by atoms with Crippen LogP contribution in [0.5, 0.6) is 0 Å². The highest BCUT2D eigenvalue weighted by molar-refractivity contribution is 5.84. The summed E-state index contributed by atoms with van der Waals surface area (Å²) in [5.41, 5.74) is 0. The van der Waals surface area contributed by atoms with Crippen molar-refractivity contribution in [2.75, 3.05) is 6.54 Å². The zero-order valence-electron chi connectivity index (χ0n) is 9.82. The first-order valence-electron chi connectivity index (χ1n) is 6.10. The Kier molecular flexibility index (Phi) is 3.78. The van der Waals surface area contributed by atoms with Crippen LogP contribution >= 0.6 is 0 Å². The summed E-state index contributed by atoms with van der Waals surface area (Å²) in [5.74, 6) is 1.35. The van der Waals surface area contributed by atoms with Gasteiger partial charge in [0.05, 0.1) is 18.8 Å². The predicted octanol–water partition coefficient (Wildman–Crippen LogP) is 2.61. The maximum atomic E-state index is 11.9. The molecule has 0 aliphatic heterocycles. The normalized spacial score (nSPS) is 21.6. The molecule has 1 fully saturated rings. The van der Waals surface area contributed by atoms with E-state index in [1.165, 1.54) is 6.42 Å². The van der Waals surface area contributed by atoms with Gasteiger partial charge >= 0.3 is 0 Å². The molecule has 1 aromatic heterocycles. The summed E-state index contributed by atoms with van der Waals surface area (Å²) in [4.78, 5) is 14.1. The lowest BCUT2D eigenvalue weighted by Gasteiger charge is -2.31. The Morgan fingerprint density at radius 2 is 2.38 bits per heavy atom. The monoisotopic (exact) mass is 221 g/mol. The van der Waals surface area contributed by atoms with Crippen molar-refractivity contribution in [3.05, 3.63) is 24.2 Å². The lowest BCUT2D eigenvalue weighted by atomic mass is 9.93. The number of hydrogen-bond donors (Lipinski definition) is 0. The fourth-order valence-electron chi connectivity index (χ4n) is 2.40. The van der Waals surface area contributed by atoms with Crippen LogP contribution in [0.3, 0.4) is 0 Å². The van der Waals surface area contributed by atoms with Crippen molar-refractivity contribution in [1.29, 1.82) is 0 Å². The van der Waals surface area contributed by atoms with Crippen molar-refractivity contribution in [2.24, 2.45) is 0 Å². The Bertz CT molecular complexity index is 332. The third-order valence-corrected chi connectivity index (χ3v) is 3.31. The number of carbonyl (C=O) groups excluding carboxylic acids is 1. The van der Waals surface area contributed by atoms with Gasteiger partial charge in [0.1, 0.15) is 11.5 Å². The second-order valence-electron chi connectivity index (χ2n) is 4.37. The molecule has 3 heteroatoms. The Morgan fingerprint density at radius 1 is 1.50 bits per heavy atom. The van der Waals surface area contributed by atoms with Gasteiger partial charge in [0.25, 0.3) is 0 Å². The summed E-state index contributed by atoms with van der Waals surface area (Å²) >= 11 is 0. The lowest BCUT2D eigenvalue weighted by Crippen LogP contribution is -2.42. The van der Waals surface area contributed by atoms with Crippen LogP contribution in [0.2, 0.25) is 0 Å². The molecule has 1 aliphatic rings. The Balaban J connectivity index is 2.00. The Labute approximate surface area is 96.4 Å². The summed E-state index contributed by atoms with van der Waals surface area (Å²) in [7, 11) is 0. The lowest BCUT2D eigenvalue weighted by molar-refractivity contribution is -0.126. The number of Topliss-reactive ketones (excluding diaryl/α,β-unsaturated/α-hetero) is 1. The number of furan rings is 1. The van der Waals surface area contributed by atoms with E-state index in [0.717, 1.165) is 38.1 Å². The van der Waals surface area contributed by atoms with Gasteiger partial charge in [-0.1, -0.05) is 13.3 Å². The maximum Gasteiger partial charge on any atom is 0.149 e. The van der Waals surface area contributed by atoms with E-state index in [9.17, 15) is 4.79 Å². The van der Waals surface area contributed by atoms with Crippen molar-refractivity contribution < 1.29 is 9.21 Å². The number of rotatable bonds is 4. The standard InChI is InChI=1S/C13H19NO2/c1-2-14(10-11-6-5-9-16-11)12-7-3-4-8-13(12)15/h5-6,9,12H,2-4,7-8,10H2,1H3. The smallest absolute Gasteiger partial charge is 0.149 e. The van der Waals surface area contributed by atoms with E-state index in [2.05, 4.69) is 11.8 Å². The third-order valence-electron chi connectivity index (χ3n) is 3.31. The van der Waals surface area contributed by atoms with Crippen molar-refractivity contribution in [3.63, 3.8) is 0 Å². The molecule has 16 heavy (non-hydrogen) atoms. The van der Waals surface area contributed by atoms with Gasteiger partial charge in [0.15, 0.2) is 0 Å². The van der Waals surface area contributed by atoms with Crippen LogP contribution in [-0.2, 0) is 11.3 Å². The van der Waals surface area contributed by atoms with Crippen molar-refractivity contribution >= 4 is 5.78 Å². The SMILES string of the molecule is CCN(Cc1ccco1)C1CCCCC1=O. The average molecular weight is 221 g/mol. The quantitative estimate of drug-likeness (QED) is 0.783. The van der Waals surface area contributed by atoms with E-state index in [0.29, 0.717) is 5.78 Å². The highest BCUT2D eigenvalue weighted by Crippen LogP contribution is 2.21. The molecule has 0 amide bonds. The van der Waals surface area contributed by atoms with Crippen LogP contribution < -0.4 is 0 Å². The molecule has 1 heterocycles. The first-order chi connectivity index (χ1) is 7.81. The van der Waals surface area contributed by atoms with E-state index in [4.69, 9.17) is 4.42 Å². The van der Waals surface area contributed by atoms with Gasteiger partial charge < -0.3 is 4.42 Å². The minimum atomic E-state index is 0.115. The van der Waals surface area contributed by atoms with Crippen LogP contribution in [0.1, 0.15) is 38.4 Å². The van der Waals surface area contributed by atoms with Crippen molar-refractivity contribution in [1.82, 2.24) is 4.90 Å².